The van der Waals surface area contributed by atoms with Crippen LogP contribution < -0.4 is 0 Å². The molecule has 1 heterocycles. The number of ketones is 1. The highest BCUT2D eigenvalue weighted by molar-refractivity contribution is 5.85. The van der Waals surface area contributed by atoms with Crippen molar-refractivity contribution in [1.29, 1.82) is 0 Å². The standard InChI is InChI=1S/C13H23NO/c1-9-7-10(2)11(3)14(8-9)12-5-4-6-13(12)15/h9-12H,4-8H2,1-3H3. The predicted octanol–water partition coefficient (Wildman–Crippen LogP) is 2.47. The lowest BCUT2D eigenvalue weighted by atomic mass is 9.84. The van der Waals surface area contributed by atoms with Gasteiger partial charge in [0.2, 0.25) is 0 Å². The molecule has 0 N–H and O–H groups in total. The molecule has 15 heavy (non-hydrogen) atoms. The summed E-state index contributed by atoms with van der Waals surface area (Å²) in [6.45, 7) is 8.06. The average molecular weight is 209 g/mol. The summed E-state index contributed by atoms with van der Waals surface area (Å²) in [4.78, 5) is 14.3. The number of Topliss-reactive ketones (excluding diaryl/α,β-unsaturated/α-hetero) is 1. The van der Waals surface area contributed by atoms with Gasteiger partial charge in [0.05, 0.1) is 6.04 Å². The summed E-state index contributed by atoms with van der Waals surface area (Å²) in [7, 11) is 0. The summed E-state index contributed by atoms with van der Waals surface area (Å²) < 4.78 is 0. The first kappa shape index (κ1) is 11.1. The van der Waals surface area contributed by atoms with Crippen LogP contribution >= 0.6 is 0 Å². The van der Waals surface area contributed by atoms with Gasteiger partial charge in [-0.1, -0.05) is 13.8 Å². The lowest BCUT2D eigenvalue weighted by Crippen LogP contribution is -2.52. The van der Waals surface area contributed by atoms with Gasteiger partial charge in [0.1, 0.15) is 5.78 Å². The lowest BCUT2D eigenvalue weighted by Gasteiger charge is -2.43. The van der Waals surface area contributed by atoms with Crippen molar-refractivity contribution in [3.05, 3.63) is 0 Å². The molecule has 86 valence electrons. The van der Waals surface area contributed by atoms with E-state index in [1.54, 1.807) is 0 Å². The van der Waals surface area contributed by atoms with E-state index < -0.39 is 0 Å². The molecule has 0 amide bonds. The van der Waals surface area contributed by atoms with Crippen molar-refractivity contribution in [2.45, 2.75) is 58.5 Å². The second-order valence-corrected chi connectivity index (χ2v) is 5.63. The Balaban J connectivity index is 2.09. The molecule has 2 fully saturated rings. The Morgan fingerprint density at radius 1 is 1.27 bits per heavy atom. The Kier molecular flexibility index (Phi) is 3.15. The highest BCUT2D eigenvalue weighted by atomic mass is 16.1. The molecular formula is C13H23NO. The fourth-order valence-corrected chi connectivity index (χ4v) is 3.32. The van der Waals surface area contributed by atoms with Gasteiger partial charge in [-0.05, 0) is 38.0 Å². The van der Waals surface area contributed by atoms with Gasteiger partial charge in [0, 0.05) is 19.0 Å². The highest BCUT2D eigenvalue weighted by Crippen LogP contribution is 2.32. The first-order valence-corrected chi connectivity index (χ1v) is 6.38. The molecule has 2 heteroatoms. The van der Waals surface area contributed by atoms with Crippen LogP contribution in [-0.2, 0) is 4.79 Å². The summed E-state index contributed by atoms with van der Waals surface area (Å²) in [6, 6.07) is 0.846. The Bertz CT molecular complexity index is 251. The van der Waals surface area contributed by atoms with Gasteiger partial charge < -0.3 is 0 Å². The molecule has 1 aliphatic carbocycles. The van der Waals surface area contributed by atoms with Crippen LogP contribution in [0, 0.1) is 11.8 Å². The number of carbonyl (C=O) groups is 1. The van der Waals surface area contributed by atoms with Crippen molar-refractivity contribution in [2.75, 3.05) is 6.54 Å². The fraction of sp³-hybridized carbons (Fsp3) is 0.923. The zero-order valence-electron chi connectivity index (χ0n) is 10.2. The predicted molar refractivity (Wildman–Crippen MR) is 61.8 cm³/mol. The quantitative estimate of drug-likeness (QED) is 0.661. The first-order valence-electron chi connectivity index (χ1n) is 6.38. The normalized spacial score (nSPS) is 43.5. The molecule has 2 rings (SSSR count). The summed E-state index contributed by atoms with van der Waals surface area (Å²) in [5.74, 6) is 1.98. The van der Waals surface area contributed by atoms with E-state index in [1.165, 1.54) is 6.42 Å². The number of likely N-dealkylation sites (tertiary alicyclic amines) is 1. The van der Waals surface area contributed by atoms with Crippen LogP contribution in [0.2, 0.25) is 0 Å². The maximum absolute atomic E-state index is 11.8. The SMILES string of the molecule is CC1CC(C)C(C)N(C2CCCC2=O)C1. The molecule has 1 saturated heterocycles. The molecule has 0 radical (unpaired) electrons. The van der Waals surface area contributed by atoms with E-state index >= 15 is 0 Å². The van der Waals surface area contributed by atoms with Crippen molar-refractivity contribution < 1.29 is 4.79 Å². The molecule has 0 aromatic carbocycles. The minimum atomic E-state index is 0.255. The van der Waals surface area contributed by atoms with Gasteiger partial charge >= 0.3 is 0 Å². The van der Waals surface area contributed by atoms with Crippen LogP contribution in [0.4, 0.5) is 0 Å². The summed E-state index contributed by atoms with van der Waals surface area (Å²) >= 11 is 0. The van der Waals surface area contributed by atoms with Gasteiger partial charge in [-0.25, -0.2) is 0 Å². The number of rotatable bonds is 1. The Labute approximate surface area is 93.0 Å². The van der Waals surface area contributed by atoms with E-state index in [0.29, 0.717) is 11.8 Å². The summed E-state index contributed by atoms with van der Waals surface area (Å²) in [6.07, 6.45) is 4.34. The third-order valence-electron chi connectivity index (χ3n) is 4.32. The number of nitrogens with zero attached hydrogens (tertiary/aromatic N) is 1. The van der Waals surface area contributed by atoms with E-state index in [-0.39, 0.29) is 6.04 Å². The number of carbonyl (C=O) groups excluding carboxylic acids is 1. The highest BCUT2D eigenvalue weighted by Gasteiger charge is 2.38. The number of hydrogen-bond donors (Lipinski definition) is 0. The topological polar surface area (TPSA) is 20.3 Å². The lowest BCUT2D eigenvalue weighted by molar-refractivity contribution is -0.124. The van der Waals surface area contributed by atoms with E-state index in [9.17, 15) is 4.79 Å². The Hall–Kier alpha value is -0.370. The molecule has 0 aromatic heterocycles. The molecular weight excluding hydrogens is 186 g/mol. The second kappa shape index (κ2) is 4.25. The first-order chi connectivity index (χ1) is 7.09. The van der Waals surface area contributed by atoms with Crippen molar-refractivity contribution in [1.82, 2.24) is 4.90 Å². The molecule has 1 aliphatic heterocycles. The Morgan fingerprint density at radius 3 is 2.60 bits per heavy atom. The van der Waals surface area contributed by atoms with E-state index in [4.69, 9.17) is 0 Å². The number of hydrogen-bond acceptors (Lipinski definition) is 2. The minimum absolute atomic E-state index is 0.255. The van der Waals surface area contributed by atoms with Crippen molar-refractivity contribution in [3.8, 4) is 0 Å². The maximum atomic E-state index is 11.8. The Morgan fingerprint density at radius 2 is 2.00 bits per heavy atom. The zero-order valence-corrected chi connectivity index (χ0v) is 10.2. The van der Waals surface area contributed by atoms with Crippen molar-refractivity contribution >= 4 is 5.78 Å². The second-order valence-electron chi connectivity index (χ2n) is 5.63. The van der Waals surface area contributed by atoms with E-state index in [1.807, 2.05) is 0 Å². The summed E-state index contributed by atoms with van der Waals surface area (Å²) in [5, 5.41) is 0. The van der Waals surface area contributed by atoms with Gasteiger partial charge in [0.15, 0.2) is 0 Å². The number of piperidine rings is 1. The molecule has 2 aliphatic rings. The molecule has 4 unspecified atom stereocenters. The van der Waals surface area contributed by atoms with Gasteiger partial charge in [0.25, 0.3) is 0 Å². The molecule has 4 atom stereocenters. The largest absolute Gasteiger partial charge is 0.298 e. The van der Waals surface area contributed by atoms with Crippen LogP contribution in [0.25, 0.3) is 0 Å². The van der Waals surface area contributed by atoms with Crippen LogP contribution in [0.15, 0.2) is 0 Å². The minimum Gasteiger partial charge on any atom is -0.298 e. The summed E-state index contributed by atoms with van der Waals surface area (Å²) in [5.41, 5.74) is 0. The van der Waals surface area contributed by atoms with Gasteiger partial charge in [-0.3, -0.25) is 9.69 Å². The smallest absolute Gasteiger partial charge is 0.149 e. The van der Waals surface area contributed by atoms with E-state index in [2.05, 4.69) is 25.7 Å². The molecule has 2 nitrogen and oxygen atoms in total. The maximum Gasteiger partial charge on any atom is 0.149 e. The average Bonchev–Trinajstić information content (AvgIpc) is 2.58. The monoisotopic (exact) mass is 209 g/mol. The van der Waals surface area contributed by atoms with Crippen LogP contribution in [0.1, 0.15) is 46.5 Å². The third-order valence-corrected chi connectivity index (χ3v) is 4.32. The van der Waals surface area contributed by atoms with Crippen LogP contribution in [0.3, 0.4) is 0 Å². The zero-order chi connectivity index (χ0) is 11.0. The molecule has 0 bridgehead atoms. The van der Waals surface area contributed by atoms with Crippen molar-refractivity contribution in [3.63, 3.8) is 0 Å². The van der Waals surface area contributed by atoms with Crippen LogP contribution in [0.5, 0.6) is 0 Å². The molecule has 1 saturated carbocycles. The van der Waals surface area contributed by atoms with Gasteiger partial charge in [-0.15, -0.1) is 0 Å². The third kappa shape index (κ3) is 2.10. The fourth-order valence-electron chi connectivity index (χ4n) is 3.32. The van der Waals surface area contributed by atoms with Crippen LogP contribution in [-0.4, -0.2) is 29.3 Å². The molecule has 0 spiro atoms. The van der Waals surface area contributed by atoms with Gasteiger partial charge in [-0.2, -0.15) is 0 Å². The van der Waals surface area contributed by atoms with E-state index in [0.717, 1.165) is 37.6 Å². The van der Waals surface area contributed by atoms with Crippen molar-refractivity contribution in [2.24, 2.45) is 11.8 Å². The molecule has 0 aromatic rings.